The topological polar surface area (TPSA) is 112 Å². The molecule has 0 radical (unpaired) electrons. The minimum Gasteiger partial charge on any atom is -1.00 e. The van der Waals surface area contributed by atoms with Crippen molar-refractivity contribution in [1.82, 2.24) is 0 Å². The van der Waals surface area contributed by atoms with Gasteiger partial charge in [-0.05, 0) is 12.1 Å². The molecule has 0 aliphatic rings. The molecule has 0 spiro atoms. The van der Waals surface area contributed by atoms with Gasteiger partial charge in [0.1, 0.15) is 0 Å². The maximum atomic E-state index is 5.11. The zero-order valence-corrected chi connectivity index (χ0v) is 12.1. The van der Waals surface area contributed by atoms with Crippen molar-refractivity contribution >= 4 is 0 Å². The van der Waals surface area contributed by atoms with Crippen molar-refractivity contribution in [3.05, 3.63) is 0 Å². The van der Waals surface area contributed by atoms with E-state index in [2.05, 4.69) is 0 Å². The van der Waals surface area contributed by atoms with Crippen molar-refractivity contribution in [3.63, 3.8) is 0 Å². The van der Waals surface area contributed by atoms with Gasteiger partial charge >= 0.3 is 0 Å². The van der Waals surface area contributed by atoms with Crippen molar-refractivity contribution < 1.29 is 56.8 Å². The summed E-state index contributed by atoms with van der Waals surface area (Å²) in [6.45, 7) is 7.78. The molecular formula is C6H20Cl2N2O2Pt-4. The van der Waals surface area contributed by atoms with Gasteiger partial charge in [0.25, 0.3) is 0 Å². The molecule has 4 nitrogen and oxygen atoms in total. The fraction of sp³-hybridized carbons (Fsp3) is 1.00. The minimum atomic E-state index is 0. The van der Waals surface area contributed by atoms with Crippen LogP contribution in [0.25, 0.3) is 0 Å². The predicted octanol–water partition coefficient (Wildman–Crippen LogP) is -5.64. The van der Waals surface area contributed by atoms with E-state index < -0.39 is 0 Å². The predicted molar refractivity (Wildman–Crippen MR) is 42.5 cm³/mol. The Kier molecular flexibility index (Phi) is 140. The van der Waals surface area contributed by atoms with Crippen molar-refractivity contribution in [1.29, 1.82) is 0 Å². The number of halogens is 2. The van der Waals surface area contributed by atoms with E-state index in [9.17, 15) is 0 Å². The molecule has 0 unspecified atom stereocenters. The standard InChI is InChI=1S/2C3H9N.2ClH.2H2O.Pt/c2*1-3(2)4;;;;;/h2*3H,4H2,1-2H3;2*1H;2*1H2;/p-4. The Hall–Kier alpha value is 1.11. The smallest absolute Gasteiger partial charge is 0 e. The van der Waals surface area contributed by atoms with Gasteiger partial charge < -0.3 is 47.2 Å². The van der Waals surface area contributed by atoms with E-state index in [1.54, 1.807) is 0 Å². The molecule has 0 heterocycles. The third kappa shape index (κ3) is 1320. The molecule has 7 heteroatoms. The molecule has 0 aromatic heterocycles. The molecule has 0 aromatic rings. The van der Waals surface area contributed by atoms with Crippen LogP contribution >= 0.6 is 0 Å². The SMILES string of the molecule is CC(C)N.CC(C)N.[Cl-].[Cl-].[OH-].[OH-].[Pt]. The zero-order chi connectivity index (χ0) is 7.15. The fourth-order valence-electron chi connectivity index (χ4n) is 0. The second-order valence-corrected chi connectivity index (χ2v) is 2.49. The second kappa shape index (κ2) is 38.0. The van der Waals surface area contributed by atoms with Crippen molar-refractivity contribution in [2.24, 2.45) is 11.5 Å². The summed E-state index contributed by atoms with van der Waals surface area (Å²) in [6.07, 6.45) is 0. The third-order valence-corrected chi connectivity index (χ3v) is 0. The molecule has 0 bridgehead atoms. The van der Waals surface area contributed by atoms with E-state index in [0.717, 1.165) is 0 Å². The monoisotopic (exact) mass is 417 g/mol. The molecule has 0 fully saturated rings. The summed E-state index contributed by atoms with van der Waals surface area (Å²) in [5.74, 6) is 0. The van der Waals surface area contributed by atoms with Gasteiger partial charge in [-0.1, -0.05) is 27.7 Å². The first kappa shape index (κ1) is 48.0. The largest absolute Gasteiger partial charge is 1.00 e. The first-order chi connectivity index (χ1) is 3.46. The Morgan fingerprint density at radius 3 is 0.692 bits per heavy atom. The van der Waals surface area contributed by atoms with E-state index in [4.69, 9.17) is 11.5 Å². The molecule has 0 saturated carbocycles. The van der Waals surface area contributed by atoms with Crippen LogP contribution in [0.2, 0.25) is 0 Å². The van der Waals surface area contributed by atoms with E-state index >= 15 is 0 Å². The second-order valence-electron chi connectivity index (χ2n) is 2.49. The quantitative estimate of drug-likeness (QED) is 0.409. The molecular weight excluding hydrogens is 398 g/mol. The van der Waals surface area contributed by atoms with Crippen molar-refractivity contribution in [3.8, 4) is 0 Å². The Morgan fingerprint density at radius 2 is 0.692 bits per heavy atom. The van der Waals surface area contributed by atoms with Crippen LogP contribution in [-0.4, -0.2) is 23.0 Å². The molecule has 0 aliphatic carbocycles. The van der Waals surface area contributed by atoms with Crippen LogP contribution in [0.15, 0.2) is 0 Å². The molecule has 0 amide bonds. The van der Waals surface area contributed by atoms with E-state index in [0.29, 0.717) is 12.1 Å². The van der Waals surface area contributed by atoms with Crippen molar-refractivity contribution in [2.45, 2.75) is 39.8 Å². The number of hydrogen-bond acceptors (Lipinski definition) is 4. The van der Waals surface area contributed by atoms with Crippen LogP contribution < -0.4 is 36.3 Å². The molecule has 0 saturated heterocycles. The maximum Gasteiger partial charge on any atom is 0 e. The Labute approximate surface area is 108 Å². The Bertz CT molecular complexity index is 42.1. The molecule has 0 aromatic carbocycles. The number of nitrogens with two attached hydrogens (primary N) is 2. The third-order valence-electron chi connectivity index (χ3n) is 0. The van der Waals surface area contributed by atoms with E-state index in [1.165, 1.54) is 0 Å². The normalized spacial score (nSPS) is 5.54. The summed E-state index contributed by atoms with van der Waals surface area (Å²) in [6, 6.07) is 0.667. The van der Waals surface area contributed by atoms with Gasteiger partial charge in [0.2, 0.25) is 0 Å². The molecule has 0 aliphatic heterocycles. The minimum absolute atomic E-state index is 0. The van der Waals surface area contributed by atoms with Crippen LogP contribution in [0.4, 0.5) is 0 Å². The summed E-state index contributed by atoms with van der Waals surface area (Å²) in [4.78, 5) is 0. The maximum absolute atomic E-state index is 5.11. The summed E-state index contributed by atoms with van der Waals surface area (Å²) < 4.78 is 0. The van der Waals surface area contributed by atoms with Gasteiger partial charge in [-0.25, -0.2) is 0 Å². The van der Waals surface area contributed by atoms with E-state index in [1.807, 2.05) is 27.7 Å². The van der Waals surface area contributed by atoms with Gasteiger partial charge in [-0.15, -0.1) is 0 Å². The average Bonchev–Trinajstić information content (AvgIpc) is 1.25. The number of hydrogen-bond donors (Lipinski definition) is 2. The average molecular weight is 418 g/mol. The Morgan fingerprint density at radius 1 is 0.692 bits per heavy atom. The van der Waals surface area contributed by atoms with Crippen LogP contribution in [0.5, 0.6) is 0 Å². The zero-order valence-electron chi connectivity index (χ0n) is 8.28. The first-order valence-electron chi connectivity index (χ1n) is 2.98. The van der Waals surface area contributed by atoms with Gasteiger partial charge in [0, 0.05) is 21.1 Å². The summed E-state index contributed by atoms with van der Waals surface area (Å²) in [5, 5.41) is 0. The van der Waals surface area contributed by atoms with Crippen LogP contribution in [0, 0.1) is 0 Å². The molecule has 94 valence electrons. The van der Waals surface area contributed by atoms with E-state index in [-0.39, 0.29) is 56.8 Å². The summed E-state index contributed by atoms with van der Waals surface area (Å²) >= 11 is 0. The molecule has 0 atom stereocenters. The van der Waals surface area contributed by atoms with Gasteiger partial charge in [-0.2, -0.15) is 0 Å². The van der Waals surface area contributed by atoms with Crippen molar-refractivity contribution in [2.75, 3.05) is 0 Å². The van der Waals surface area contributed by atoms with Crippen LogP contribution in [0.3, 0.4) is 0 Å². The summed E-state index contributed by atoms with van der Waals surface area (Å²) in [5.41, 5.74) is 10.2. The molecule has 13 heavy (non-hydrogen) atoms. The fourth-order valence-corrected chi connectivity index (χ4v) is 0. The van der Waals surface area contributed by atoms with Gasteiger partial charge in [0.15, 0.2) is 0 Å². The van der Waals surface area contributed by atoms with Gasteiger partial charge in [-0.3, -0.25) is 0 Å². The van der Waals surface area contributed by atoms with Crippen LogP contribution in [0.1, 0.15) is 27.7 Å². The molecule has 6 N–H and O–H groups in total. The van der Waals surface area contributed by atoms with Gasteiger partial charge in [0.05, 0.1) is 0 Å². The molecule has 0 rings (SSSR count). The summed E-state index contributed by atoms with van der Waals surface area (Å²) in [7, 11) is 0. The van der Waals surface area contributed by atoms with Crippen LogP contribution in [-0.2, 0) is 21.1 Å². The Balaban J connectivity index is -0.00000000800. The number of rotatable bonds is 0. The first-order valence-corrected chi connectivity index (χ1v) is 2.98.